The minimum absolute atomic E-state index is 0.0690. The number of rotatable bonds is 5. The maximum absolute atomic E-state index is 13.1. The van der Waals surface area contributed by atoms with Crippen molar-refractivity contribution in [2.24, 2.45) is 23.7 Å². The van der Waals surface area contributed by atoms with Crippen molar-refractivity contribution in [1.82, 2.24) is 0 Å². The number of benzene rings is 1. The Morgan fingerprint density at radius 3 is 2.55 bits per heavy atom. The van der Waals surface area contributed by atoms with E-state index < -0.39 is 23.8 Å². The molecule has 7 heteroatoms. The lowest BCUT2D eigenvalue weighted by Gasteiger charge is -2.26. The zero-order valence-electron chi connectivity index (χ0n) is 16.3. The number of esters is 1. The maximum atomic E-state index is 13.1. The predicted octanol–water partition coefficient (Wildman–Crippen LogP) is 4.20. The lowest BCUT2D eigenvalue weighted by Crippen LogP contribution is -2.37. The lowest BCUT2D eigenvalue weighted by atomic mass is 9.78. The van der Waals surface area contributed by atoms with E-state index in [9.17, 15) is 19.5 Å². The van der Waals surface area contributed by atoms with Crippen LogP contribution in [0.4, 0.5) is 5.00 Å². The van der Waals surface area contributed by atoms with Gasteiger partial charge in [0, 0.05) is 10.9 Å². The monoisotopic (exact) mass is 413 g/mol. The van der Waals surface area contributed by atoms with Gasteiger partial charge in [-0.1, -0.05) is 29.8 Å². The highest BCUT2D eigenvalue weighted by Crippen LogP contribution is 2.53. The molecule has 0 unspecified atom stereocenters. The van der Waals surface area contributed by atoms with Crippen LogP contribution in [-0.4, -0.2) is 30.1 Å². The third kappa shape index (κ3) is 3.44. The number of carboxylic acid groups (broad SMARTS) is 1. The van der Waals surface area contributed by atoms with Gasteiger partial charge in [-0.2, -0.15) is 0 Å². The van der Waals surface area contributed by atoms with E-state index in [1.54, 1.807) is 0 Å². The Morgan fingerprint density at radius 1 is 1.17 bits per heavy atom. The van der Waals surface area contributed by atoms with Gasteiger partial charge in [0.2, 0.25) is 5.91 Å². The Morgan fingerprint density at radius 2 is 1.90 bits per heavy atom. The second kappa shape index (κ2) is 7.63. The quantitative estimate of drug-likeness (QED) is 0.717. The Hall–Kier alpha value is -2.67. The van der Waals surface area contributed by atoms with E-state index in [1.807, 2.05) is 36.6 Å². The number of carboxylic acids is 1. The third-order valence-corrected chi connectivity index (χ3v) is 7.15. The molecule has 0 aliphatic heterocycles. The summed E-state index contributed by atoms with van der Waals surface area (Å²) in [6.45, 7) is 1.97. The van der Waals surface area contributed by atoms with Gasteiger partial charge in [-0.25, -0.2) is 4.79 Å². The lowest BCUT2D eigenvalue weighted by molar-refractivity contribution is -0.148. The standard InChI is InChI=1S/C22H23NO5S/c1-11-4-3-5-12(8-11)15-10-29-20(18(15)22(27)28-2)23-19(24)16-13-6-7-14(9-13)17(16)21(25)26/h3-5,8,10,13-14,16-17H,6-7,9H2,1-2H3,(H,23,24)(H,25,26)/t13-,14-,16-,17+/m1/s1. The molecule has 1 amide bonds. The third-order valence-electron chi connectivity index (χ3n) is 6.25. The van der Waals surface area contributed by atoms with Crippen molar-refractivity contribution < 1.29 is 24.2 Å². The largest absolute Gasteiger partial charge is 0.481 e. The van der Waals surface area contributed by atoms with Gasteiger partial charge in [0.05, 0.1) is 18.9 Å². The van der Waals surface area contributed by atoms with Crippen LogP contribution in [0.25, 0.3) is 11.1 Å². The van der Waals surface area contributed by atoms with Gasteiger partial charge in [-0.05, 0) is 43.6 Å². The van der Waals surface area contributed by atoms with Crippen LogP contribution in [-0.2, 0) is 14.3 Å². The zero-order chi connectivity index (χ0) is 20.7. The van der Waals surface area contributed by atoms with Gasteiger partial charge in [-0.3, -0.25) is 9.59 Å². The number of ether oxygens (including phenoxy) is 1. The summed E-state index contributed by atoms with van der Waals surface area (Å²) in [7, 11) is 1.31. The number of thiophene rings is 1. The van der Waals surface area contributed by atoms with E-state index in [0.717, 1.165) is 30.4 Å². The first kappa shape index (κ1) is 19.6. The van der Waals surface area contributed by atoms with Crippen molar-refractivity contribution in [3.63, 3.8) is 0 Å². The number of aliphatic carboxylic acids is 1. The highest BCUT2D eigenvalue weighted by molar-refractivity contribution is 7.15. The number of carbonyl (C=O) groups is 3. The summed E-state index contributed by atoms with van der Waals surface area (Å²) in [5.41, 5.74) is 2.93. The molecule has 0 spiro atoms. The fourth-order valence-corrected chi connectivity index (χ4v) is 5.96. The van der Waals surface area contributed by atoms with Crippen molar-refractivity contribution in [3.8, 4) is 11.1 Å². The number of amides is 1. The molecular formula is C22H23NO5S. The summed E-state index contributed by atoms with van der Waals surface area (Å²) >= 11 is 1.26. The molecule has 6 nitrogen and oxygen atoms in total. The van der Waals surface area contributed by atoms with Crippen LogP contribution in [0.3, 0.4) is 0 Å². The second-order valence-corrected chi connectivity index (χ2v) is 8.81. The van der Waals surface area contributed by atoms with Gasteiger partial charge in [-0.15, -0.1) is 11.3 Å². The summed E-state index contributed by atoms with van der Waals surface area (Å²) in [6, 6.07) is 7.76. The molecule has 0 saturated heterocycles. The molecule has 2 bridgehead atoms. The molecule has 4 rings (SSSR count). The van der Waals surface area contributed by atoms with Gasteiger partial charge in [0.25, 0.3) is 0 Å². The van der Waals surface area contributed by atoms with Gasteiger partial charge in [0.15, 0.2) is 0 Å². The minimum Gasteiger partial charge on any atom is -0.481 e. The minimum atomic E-state index is -0.905. The Bertz CT molecular complexity index is 981. The molecule has 2 N–H and O–H groups in total. The second-order valence-electron chi connectivity index (χ2n) is 7.93. The van der Waals surface area contributed by atoms with Crippen LogP contribution in [0.2, 0.25) is 0 Å². The highest BCUT2D eigenvalue weighted by Gasteiger charge is 2.54. The van der Waals surface area contributed by atoms with Crippen LogP contribution in [0.15, 0.2) is 29.6 Å². The molecule has 1 aromatic heterocycles. The molecule has 152 valence electrons. The summed E-state index contributed by atoms with van der Waals surface area (Å²) in [4.78, 5) is 37.3. The summed E-state index contributed by atoms with van der Waals surface area (Å²) in [5, 5.41) is 14.7. The van der Waals surface area contributed by atoms with Crippen LogP contribution >= 0.6 is 11.3 Å². The molecule has 1 aromatic carbocycles. The topological polar surface area (TPSA) is 92.7 Å². The molecule has 1 heterocycles. The normalized spacial score (nSPS) is 25.0. The summed E-state index contributed by atoms with van der Waals surface area (Å²) in [6.07, 6.45) is 2.54. The molecule has 4 atom stereocenters. The smallest absolute Gasteiger partial charge is 0.341 e. The Balaban J connectivity index is 1.66. The number of hydrogen-bond acceptors (Lipinski definition) is 5. The fraction of sp³-hybridized carbons (Fsp3) is 0.409. The van der Waals surface area contributed by atoms with Crippen molar-refractivity contribution in [1.29, 1.82) is 0 Å². The van der Waals surface area contributed by atoms with Gasteiger partial charge in [0.1, 0.15) is 10.6 Å². The average Bonchev–Trinajstić information content (AvgIpc) is 3.41. The van der Waals surface area contributed by atoms with Crippen LogP contribution < -0.4 is 5.32 Å². The molecule has 2 aliphatic carbocycles. The zero-order valence-corrected chi connectivity index (χ0v) is 17.1. The number of methoxy groups -OCH3 is 1. The molecule has 2 saturated carbocycles. The first-order chi connectivity index (χ1) is 13.9. The Kier molecular flexibility index (Phi) is 5.17. The van der Waals surface area contributed by atoms with E-state index in [2.05, 4.69) is 5.32 Å². The number of aryl methyl sites for hydroxylation is 1. The molecule has 29 heavy (non-hydrogen) atoms. The molecule has 2 aromatic rings. The maximum Gasteiger partial charge on any atom is 0.341 e. The summed E-state index contributed by atoms with van der Waals surface area (Å²) < 4.78 is 4.97. The van der Waals surface area contributed by atoms with Crippen LogP contribution in [0.1, 0.15) is 35.2 Å². The number of hydrogen-bond donors (Lipinski definition) is 2. The van der Waals surface area contributed by atoms with Crippen molar-refractivity contribution >= 4 is 34.2 Å². The number of carbonyl (C=O) groups excluding carboxylic acids is 2. The number of anilines is 1. The van der Waals surface area contributed by atoms with E-state index in [-0.39, 0.29) is 17.7 Å². The molecular weight excluding hydrogens is 390 g/mol. The summed E-state index contributed by atoms with van der Waals surface area (Å²) in [5.74, 6) is -2.78. The fourth-order valence-electron chi connectivity index (χ4n) is 5.00. The van der Waals surface area contributed by atoms with Crippen LogP contribution in [0.5, 0.6) is 0 Å². The first-order valence-electron chi connectivity index (χ1n) is 9.71. The SMILES string of the molecule is COC(=O)c1c(-c2cccc(C)c2)csc1NC(=O)[C@@H]1[C@@H]2CC[C@H](C2)[C@@H]1C(=O)O. The average molecular weight is 413 g/mol. The van der Waals surface area contributed by atoms with E-state index >= 15 is 0 Å². The van der Waals surface area contributed by atoms with Crippen molar-refractivity contribution in [2.45, 2.75) is 26.2 Å². The molecule has 2 aliphatic rings. The van der Waals surface area contributed by atoms with Gasteiger partial charge >= 0.3 is 11.9 Å². The first-order valence-corrected chi connectivity index (χ1v) is 10.6. The van der Waals surface area contributed by atoms with E-state index in [0.29, 0.717) is 16.1 Å². The van der Waals surface area contributed by atoms with Crippen molar-refractivity contribution in [3.05, 3.63) is 40.8 Å². The number of fused-ring (bicyclic) bond motifs is 2. The van der Waals surface area contributed by atoms with E-state index in [1.165, 1.54) is 18.4 Å². The number of nitrogens with one attached hydrogen (secondary N) is 1. The highest BCUT2D eigenvalue weighted by atomic mass is 32.1. The predicted molar refractivity (Wildman–Crippen MR) is 110 cm³/mol. The van der Waals surface area contributed by atoms with Crippen molar-refractivity contribution in [2.75, 3.05) is 12.4 Å². The Labute approximate surface area is 172 Å². The molecule has 0 radical (unpaired) electrons. The molecule has 2 fully saturated rings. The van der Waals surface area contributed by atoms with E-state index in [4.69, 9.17) is 4.74 Å². The van der Waals surface area contributed by atoms with Crippen LogP contribution in [0, 0.1) is 30.6 Å². The van der Waals surface area contributed by atoms with Gasteiger partial charge < -0.3 is 15.2 Å².